The number of aryl methyl sites for hydroxylation is 1. The maximum absolute atomic E-state index is 9.45. The Hall–Kier alpha value is -0.890. The summed E-state index contributed by atoms with van der Waals surface area (Å²) in [6.07, 6.45) is 0. The minimum Gasteiger partial charge on any atom is -0.503 e. The number of benzene rings is 1. The third-order valence-corrected chi connectivity index (χ3v) is 2.39. The van der Waals surface area contributed by atoms with Crippen molar-refractivity contribution in [3.63, 3.8) is 0 Å². The van der Waals surface area contributed by atoms with E-state index in [9.17, 15) is 5.11 Å². The Kier molecular flexibility index (Phi) is 2.48. The molecule has 12 heavy (non-hydrogen) atoms. The Balaban J connectivity index is 3.39. The molecule has 0 amide bonds. The van der Waals surface area contributed by atoms with Gasteiger partial charge in [0.25, 0.3) is 0 Å². The average Bonchev–Trinajstić information content (AvgIpc) is 2.08. The second kappa shape index (κ2) is 3.23. The summed E-state index contributed by atoms with van der Waals surface area (Å²) in [5.74, 6) is 0.436. The number of ether oxygens (including phenoxy) is 1. The predicted molar refractivity (Wildman–Crippen MR) is 49.1 cm³/mol. The summed E-state index contributed by atoms with van der Waals surface area (Å²) in [6, 6.07) is 1.76. The molecule has 0 aromatic heterocycles. The van der Waals surface area contributed by atoms with Gasteiger partial charge in [-0.25, -0.2) is 0 Å². The first kappa shape index (κ1) is 9.20. The molecule has 1 N–H and O–H groups in total. The van der Waals surface area contributed by atoms with E-state index in [-0.39, 0.29) is 5.75 Å². The van der Waals surface area contributed by atoms with Gasteiger partial charge in [-0.3, -0.25) is 0 Å². The first-order valence-corrected chi connectivity index (χ1v) is 3.98. The molecule has 0 heterocycles. The molecule has 0 aliphatic heterocycles. The first-order valence-electron chi connectivity index (χ1n) is 3.60. The van der Waals surface area contributed by atoms with Gasteiger partial charge in [-0.15, -0.1) is 0 Å². The highest BCUT2D eigenvalue weighted by molar-refractivity contribution is 6.33. The van der Waals surface area contributed by atoms with Crippen molar-refractivity contribution in [2.45, 2.75) is 13.8 Å². The van der Waals surface area contributed by atoms with Crippen LogP contribution in [0.1, 0.15) is 11.1 Å². The topological polar surface area (TPSA) is 29.5 Å². The second-order valence-corrected chi connectivity index (χ2v) is 3.06. The lowest BCUT2D eigenvalue weighted by molar-refractivity contribution is 0.373. The smallest absolute Gasteiger partial charge is 0.177 e. The zero-order chi connectivity index (χ0) is 9.30. The molecule has 0 aliphatic rings. The van der Waals surface area contributed by atoms with Crippen LogP contribution in [0, 0.1) is 13.8 Å². The van der Waals surface area contributed by atoms with E-state index >= 15 is 0 Å². The van der Waals surface area contributed by atoms with E-state index in [1.54, 1.807) is 6.07 Å². The van der Waals surface area contributed by atoms with Crippen LogP contribution in [0.4, 0.5) is 0 Å². The normalized spacial score (nSPS) is 10.0. The zero-order valence-electron chi connectivity index (χ0n) is 7.31. The fraction of sp³-hybridized carbons (Fsp3) is 0.333. The van der Waals surface area contributed by atoms with Gasteiger partial charge < -0.3 is 9.84 Å². The third kappa shape index (κ3) is 1.34. The summed E-state index contributed by atoms with van der Waals surface area (Å²) in [7, 11) is 1.50. The number of hydrogen-bond donors (Lipinski definition) is 1. The summed E-state index contributed by atoms with van der Waals surface area (Å²) < 4.78 is 4.93. The molecule has 0 atom stereocenters. The van der Waals surface area contributed by atoms with E-state index in [0.717, 1.165) is 11.1 Å². The molecule has 1 aromatic rings. The molecule has 0 bridgehead atoms. The van der Waals surface area contributed by atoms with E-state index in [1.807, 2.05) is 13.8 Å². The van der Waals surface area contributed by atoms with Crippen molar-refractivity contribution >= 4 is 11.6 Å². The maximum Gasteiger partial charge on any atom is 0.177 e. The lowest BCUT2D eigenvalue weighted by Crippen LogP contribution is -1.89. The summed E-state index contributed by atoms with van der Waals surface area (Å²) in [5, 5.41) is 9.81. The lowest BCUT2D eigenvalue weighted by atomic mass is 10.1. The summed E-state index contributed by atoms with van der Waals surface area (Å²) in [4.78, 5) is 0. The molecule has 1 aromatic carbocycles. The Bertz CT molecular complexity index is 308. The van der Waals surface area contributed by atoms with Gasteiger partial charge in [0, 0.05) is 0 Å². The molecule has 3 heteroatoms. The highest BCUT2D eigenvalue weighted by atomic mass is 35.5. The largest absolute Gasteiger partial charge is 0.503 e. The Morgan fingerprint density at radius 3 is 2.50 bits per heavy atom. The fourth-order valence-corrected chi connectivity index (χ4v) is 1.23. The van der Waals surface area contributed by atoms with E-state index in [1.165, 1.54) is 7.11 Å². The van der Waals surface area contributed by atoms with Crippen LogP contribution < -0.4 is 4.74 Å². The van der Waals surface area contributed by atoms with Crippen molar-refractivity contribution in [3.05, 3.63) is 22.2 Å². The van der Waals surface area contributed by atoms with Crippen LogP contribution in [-0.4, -0.2) is 12.2 Å². The van der Waals surface area contributed by atoms with Crippen LogP contribution in [0.2, 0.25) is 5.02 Å². The van der Waals surface area contributed by atoms with Crippen molar-refractivity contribution in [1.29, 1.82) is 0 Å². The highest BCUT2D eigenvalue weighted by Gasteiger charge is 2.10. The van der Waals surface area contributed by atoms with Gasteiger partial charge in [-0.2, -0.15) is 0 Å². The van der Waals surface area contributed by atoms with E-state index in [0.29, 0.717) is 10.8 Å². The Morgan fingerprint density at radius 2 is 2.00 bits per heavy atom. The van der Waals surface area contributed by atoms with Crippen molar-refractivity contribution in [3.8, 4) is 11.5 Å². The number of hydrogen-bond acceptors (Lipinski definition) is 2. The Labute approximate surface area is 76.7 Å². The van der Waals surface area contributed by atoms with E-state index in [2.05, 4.69) is 0 Å². The van der Waals surface area contributed by atoms with Gasteiger partial charge in [0.2, 0.25) is 0 Å². The Morgan fingerprint density at radius 1 is 1.42 bits per heavy atom. The highest BCUT2D eigenvalue weighted by Crippen LogP contribution is 2.37. The monoisotopic (exact) mass is 186 g/mol. The van der Waals surface area contributed by atoms with Crippen molar-refractivity contribution in [2.75, 3.05) is 7.11 Å². The first-order chi connectivity index (χ1) is 5.57. The van der Waals surface area contributed by atoms with Crippen LogP contribution in [-0.2, 0) is 0 Å². The molecule has 0 aliphatic carbocycles. The van der Waals surface area contributed by atoms with Crippen LogP contribution in [0.25, 0.3) is 0 Å². The second-order valence-electron chi connectivity index (χ2n) is 2.68. The van der Waals surface area contributed by atoms with Gasteiger partial charge >= 0.3 is 0 Å². The fourth-order valence-electron chi connectivity index (χ4n) is 0.988. The predicted octanol–water partition coefficient (Wildman–Crippen LogP) is 2.67. The number of methoxy groups -OCH3 is 1. The SMILES string of the molecule is COc1cc(C)c(C)c(Cl)c1O. The minimum absolute atomic E-state index is 0.0160. The summed E-state index contributed by atoms with van der Waals surface area (Å²) in [6.45, 7) is 3.78. The van der Waals surface area contributed by atoms with Gasteiger partial charge in [0.1, 0.15) is 0 Å². The lowest BCUT2D eigenvalue weighted by Gasteiger charge is -2.09. The maximum atomic E-state index is 9.45. The molecule has 0 radical (unpaired) electrons. The number of phenols is 1. The summed E-state index contributed by atoms with van der Waals surface area (Å²) in [5.41, 5.74) is 1.89. The molecule has 0 unspecified atom stereocenters. The average molecular weight is 187 g/mol. The number of halogens is 1. The number of rotatable bonds is 1. The van der Waals surface area contributed by atoms with E-state index in [4.69, 9.17) is 16.3 Å². The van der Waals surface area contributed by atoms with Gasteiger partial charge in [-0.05, 0) is 31.0 Å². The standard InChI is InChI=1S/C9H11ClO2/c1-5-4-7(12-3)9(11)8(10)6(5)2/h4,11H,1-3H3. The van der Waals surface area contributed by atoms with Crippen LogP contribution in [0.5, 0.6) is 11.5 Å². The molecule has 1 rings (SSSR count). The van der Waals surface area contributed by atoms with Crippen LogP contribution in [0.15, 0.2) is 6.07 Å². The van der Waals surface area contributed by atoms with E-state index < -0.39 is 0 Å². The van der Waals surface area contributed by atoms with Gasteiger partial charge in [0.05, 0.1) is 12.1 Å². The van der Waals surface area contributed by atoms with Crippen LogP contribution >= 0.6 is 11.6 Å². The number of phenolic OH excluding ortho intramolecular Hbond substituents is 1. The number of aromatic hydroxyl groups is 1. The van der Waals surface area contributed by atoms with Crippen molar-refractivity contribution in [1.82, 2.24) is 0 Å². The molecule has 2 nitrogen and oxygen atoms in total. The minimum atomic E-state index is 0.0160. The van der Waals surface area contributed by atoms with Gasteiger partial charge in [0.15, 0.2) is 11.5 Å². The molecule has 0 saturated heterocycles. The third-order valence-electron chi connectivity index (χ3n) is 1.93. The van der Waals surface area contributed by atoms with Gasteiger partial charge in [-0.1, -0.05) is 11.6 Å². The molecule has 0 fully saturated rings. The molecule has 0 spiro atoms. The molecular formula is C9H11ClO2. The molecule has 0 saturated carbocycles. The van der Waals surface area contributed by atoms with Crippen LogP contribution in [0.3, 0.4) is 0 Å². The van der Waals surface area contributed by atoms with Crippen molar-refractivity contribution < 1.29 is 9.84 Å². The molecular weight excluding hydrogens is 176 g/mol. The zero-order valence-corrected chi connectivity index (χ0v) is 8.07. The van der Waals surface area contributed by atoms with Crippen molar-refractivity contribution in [2.24, 2.45) is 0 Å². The quantitative estimate of drug-likeness (QED) is 0.731. The summed E-state index contributed by atoms with van der Waals surface area (Å²) >= 11 is 5.84. The molecule has 66 valence electrons.